The van der Waals surface area contributed by atoms with Crippen LogP contribution in [0.2, 0.25) is 0 Å². The second kappa shape index (κ2) is 7.02. The fraction of sp³-hybridized carbons (Fsp3) is 0.667. The Morgan fingerprint density at radius 2 is 1.67 bits per heavy atom. The second-order valence-corrected chi connectivity index (χ2v) is 6.55. The molecule has 0 spiro atoms. The Balaban J connectivity index is 0.00000220. The molecule has 0 saturated heterocycles. The maximum Gasteiger partial charge on any atom is 0.118 e. The van der Waals surface area contributed by atoms with Gasteiger partial charge in [0.1, 0.15) is 5.75 Å². The Bertz CT molecular complexity index is 445. The highest BCUT2D eigenvalue weighted by molar-refractivity contribution is 5.85. The molecule has 2 unspecified atom stereocenters. The zero-order valence-corrected chi connectivity index (χ0v) is 14.9. The Kier molecular flexibility index (Phi) is 6.12. The van der Waals surface area contributed by atoms with Crippen molar-refractivity contribution in [3.8, 4) is 5.75 Å². The van der Waals surface area contributed by atoms with Crippen LogP contribution in [-0.4, -0.2) is 31.6 Å². The molecule has 120 valence electrons. The summed E-state index contributed by atoms with van der Waals surface area (Å²) < 4.78 is 5.30. The van der Waals surface area contributed by atoms with Crippen molar-refractivity contribution in [1.82, 2.24) is 4.90 Å². The molecule has 0 aliphatic heterocycles. The summed E-state index contributed by atoms with van der Waals surface area (Å²) in [6, 6.07) is 8.73. The first-order chi connectivity index (χ1) is 9.50. The molecule has 0 radical (unpaired) electrons. The van der Waals surface area contributed by atoms with E-state index in [-0.39, 0.29) is 23.4 Å². The van der Waals surface area contributed by atoms with Crippen LogP contribution < -0.4 is 4.74 Å². The normalized spacial score (nSPS) is 29.0. The summed E-state index contributed by atoms with van der Waals surface area (Å²) in [4.78, 5) is 2.47. The van der Waals surface area contributed by atoms with E-state index in [0.717, 1.165) is 5.75 Å². The Labute approximate surface area is 136 Å². The highest BCUT2D eigenvalue weighted by atomic mass is 35.5. The van der Waals surface area contributed by atoms with Gasteiger partial charge < -0.3 is 9.64 Å². The number of nitrogens with zero attached hydrogens (tertiary/aromatic N) is 1. The predicted molar refractivity (Wildman–Crippen MR) is 92.8 cm³/mol. The predicted octanol–water partition coefficient (Wildman–Crippen LogP) is 4.66. The minimum atomic E-state index is 0. The second-order valence-electron chi connectivity index (χ2n) is 6.55. The molecule has 2 nitrogen and oxygen atoms in total. The summed E-state index contributed by atoms with van der Waals surface area (Å²) in [5.41, 5.74) is 1.93. The van der Waals surface area contributed by atoms with E-state index in [1.807, 2.05) is 0 Å². The summed E-state index contributed by atoms with van der Waals surface area (Å²) in [5.74, 6) is 0.945. The van der Waals surface area contributed by atoms with E-state index in [1.54, 1.807) is 7.11 Å². The molecular formula is C18H30ClNO. The molecule has 0 bridgehead atoms. The van der Waals surface area contributed by atoms with Crippen molar-refractivity contribution in [2.75, 3.05) is 21.2 Å². The summed E-state index contributed by atoms with van der Waals surface area (Å²) in [6.07, 6.45) is 6.43. The van der Waals surface area contributed by atoms with Crippen molar-refractivity contribution < 1.29 is 4.74 Å². The topological polar surface area (TPSA) is 12.5 Å². The van der Waals surface area contributed by atoms with E-state index < -0.39 is 0 Å². The van der Waals surface area contributed by atoms with Gasteiger partial charge in [0.05, 0.1) is 7.11 Å². The zero-order chi connectivity index (χ0) is 14.8. The molecule has 1 aromatic carbocycles. The van der Waals surface area contributed by atoms with Crippen LogP contribution in [0, 0.1) is 0 Å². The standard InChI is InChI=1S/C18H29NO.ClH/c1-6-18(19(3)4)14-8-7-13-17(18,2)15-9-11-16(20-5)12-10-15;/h9-12H,6-8,13-14H2,1-5H3;1H. The Hall–Kier alpha value is -0.730. The Morgan fingerprint density at radius 3 is 2.14 bits per heavy atom. The third-order valence-electron chi connectivity index (χ3n) is 5.71. The SMILES string of the molecule is CCC1(N(C)C)CCCCC1(C)c1ccc(OC)cc1.Cl. The highest BCUT2D eigenvalue weighted by Crippen LogP contribution is 2.50. The number of hydrogen-bond acceptors (Lipinski definition) is 2. The first-order valence-corrected chi connectivity index (χ1v) is 7.82. The smallest absolute Gasteiger partial charge is 0.118 e. The van der Waals surface area contributed by atoms with Crippen LogP contribution in [0.3, 0.4) is 0 Å². The van der Waals surface area contributed by atoms with Gasteiger partial charge in [0.15, 0.2) is 0 Å². The maximum absolute atomic E-state index is 5.30. The number of methoxy groups -OCH3 is 1. The molecule has 1 aliphatic rings. The first-order valence-electron chi connectivity index (χ1n) is 7.82. The number of halogens is 1. The molecule has 0 aromatic heterocycles. The van der Waals surface area contributed by atoms with Crippen LogP contribution in [0.5, 0.6) is 5.75 Å². The van der Waals surface area contributed by atoms with Crippen LogP contribution in [-0.2, 0) is 5.41 Å². The first kappa shape index (κ1) is 18.3. The minimum absolute atomic E-state index is 0. The van der Waals surface area contributed by atoms with Crippen LogP contribution in [0.4, 0.5) is 0 Å². The number of ether oxygens (including phenoxy) is 1. The molecule has 2 rings (SSSR count). The lowest BCUT2D eigenvalue weighted by molar-refractivity contribution is 0.0148. The molecule has 1 aliphatic carbocycles. The number of benzene rings is 1. The van der Waals surface area contributed by atoms with Gasteiger partial charge in [-0.2, -0.15) is 0 Å². The molecule has 21 heavy (non-hydrogen) atoms. The van der Waals surface area contributed by atoms with Crippen molar-refractivity contribution in [2.24, 2.45) is 0 Å². The van der Waals surface area contributed by atoms with Gasteiger partial charge in [0, 0.05) is 11.0 Å². The van der Waals surface area contributed by atoms with Crippen LogP contribution >= 0.6 is 12.4 Å². The molecule has 2 atom stereocenters. The minimum Gasteiger partial charge on any atom is -0.497 e. The zero-order valence-electron chi connectivity index (χ0n) is 14.1. The van der Waals surface area contributed by atoms with E-state index >= 15 is 0 Å². The van der Waals surface area contributed by atoms with Gasteiger partial charge in [-0.15, -0.1) is 12.4 Å². The van der Waals surface area contributed by atoms with Crippen molar-refractivity contribution in [1.29, 1.82) is 0 Å². The van der Waals surface area contributed by atoms with Gasteiger partial charge >= 0.3 is 0 Å². The van der Waals surface area contributed by atoms with Crippen molar-refractivity contribution in [2.45, 2.75) is 56.9 Å². The largest absolute Gasteiger partial charge is 0.497 e. The molecule has 0 amide bonds. The van der Waals surface area contributed by atoms with Gasteiger partial charge in [-0.1, -0.05) is 38.8 Å². The van der Waals surface area contributed by atoms with Crippen LogP contribution in [0.1, 0.15) is 51.5 Å². The van der Waals surface area contributed by atoms with Gasteiger partial charge in [0.2, 0.25) is 0 Å². The van der Waals surface area contributed by atoms with Crippen molar-refractivity contribution >= 4 is 12.4 Å². The lowest BCUT2D eigenvalue weighted by Crippen LogP contribution is -2.60. The molecule has 1 saturated carbocycles. The molecule has 1 aromatic rings. The van der Waals surface area contributed by atoms with Crippen molar-refractivity contribution in [3.63, 3.8) is 0 Å². The monoisotopic (exact) mass is 311 g/mol. The highest BCUT2D eigenvalue weighted by Gasteiger charge is 2.50. The van der Waals surface area contributed by atoms with Gasteiger partial charge in [-0.05, 0) is 51.1 Å². The maximum atomic E-state index is 5.30. The van der Waals surface area contributed by atoms with Crippen molar-refractivity contribution in [3.05, 3.63) is 29.8 Å². The molecule has 0 N–H and O–H groups in total. The van der Waals surface area contributed by atoms with E-state index in [1.165, 1.54) is 37.7 Å². The summed E-state index contributed by atoms with van der Waals surface area (Å²) in [7, 11) is 6.22. The van der Waals surface area contributed by atoms with E-state index in [2.05, 4.69) is 57.1 Å². The van der Waals surface area contributed by atoms with Crippen LogP contribution in [0.25, 0.3) is 0 Å². The van der Waals surface area contributed by atoms with E-state index in [9.17, 15) is 0 Å². The lowest BCUT2D eigenvalue weighted by atomic mass is 9.57. The van der Waals surface area contributed by atoms with E-state index in [0.29, 0.717) is 0 Å². The summed E-state index contributed by atoms with van der Waals surface area (Å²) >= 11 is 0. The number of likely N-dealkylation sites (N-methyl/N-ethyl adjacent to an activating group) is 1. The number of hydrogen-bond donors (Lipinski definition) is 0. The quantitative estimate of drug-likeness (QED) is 0.802. The van der Waals surface area contributed by atoms with Gasteiger partial charge in [0.25, 0.3) is 0 Å². The lowest BCUT2D eigenvalue weighted by Gasteiger charge is -2.56. The summed E-state index contributed by atoms with van der Waals surface area (Å²) in [6.45, 7) is 4.80. The average Bonchev–Trinajstić information content (AvgIpc) is 2.47. The van der Waals surface area contributed by atoms with Gasteiger partial charge in [-0.3, -0.25) is 0 Å². The summed E-state index contributed by atoms with van der Waals surface area (Å²) in [5, 5.41) is 0. The molecular weight excluding hydrogens is 282 g/mol. The fourth-order valence-corrected chi connectivity index (χ4v) is 4.38. The molecule has 3 heteroatoms. The average molecular weight is 312 g/mol. The van der Waals surface area contributed by atoms with Gasteiger partial charge in [-0.25, -0.2) is 0 Å². The Morgan fingerprint density at radius 1 is 1.10 bits per heavy atom. The van der Waals surface area contributed by atoms with E-state index in [4.69, 9.17) is 4.74 Å². The number of rotatable bonds is 4. The molecule has 0 heterocycles. The van der Waals surface area contributed by atoms with Crippen LogP contribution in [0.15, 0.2) is 24.3 Å². The third-order valence-corrected chi connectivity index (χ3v) is 5.71. The third kappa shape index (κ3) is 2.93. The fourth-order valence-electron chi connectivity index (χ4n) is 4.38. The molecule has 1 fully saturated rings.